The van der Waals surface area contributed by atoms with Crippen molar-refractivity contribution in [1.29, 1.82) is 5.26 Å². The van der Waals surface area contributed by atoms with Crippen molar-refractivity contribution < 1.29 is 26.3 Å². The first-order valence-corrected chi connectivity index (χ1v) is 5.75. The lowest BCUT2D eigenvalue weighted by Gasteiger charge is -1.98. The summed E-state index contributed by atoms with van der Waals surface area (Å²) >= 11 is 5.76. The highest BCUT2D eigenvalue weighted by Gasteiger charge is 2.12. The van der Waals surface area contributed by atoms with Crippen LogP contribution >= 0.6 is 11.6 Å². The Bertz CT molecular complexity index is 620. The summed E-state index contributed by atoms with van der Waals surface area (Å²) in [6.07, 6.45) is 3.41. The minimum absolute atomic E-state index is 0. The molecule has 1 aromatic carbocycles. The van der Waals surface area contributed by atoms with Crippen LogP contribution in [-0.4, -0.2) is 5.78 Å². The highest BCUT2D eigenvalue weighted by Crippen LogP contribution is 2.09. The fourth-order valence-corrected chi connectivity index (χ4v) is 1.71. The number of rotatable bonds is 3. The smallest absolute Gasteiger partial charge is 0.227 e. The van der Waals surface area contributed by atoms with Gasteiger partial charge >= 0.3 is 0 Å². The first-order valence-electron chi connectivity index (χ1n) is 5.37. The van der Waals surface area contributed by atoms with E-state index in [4.69, 9.17) is 16.9 Å². The van der Waals surface area contributed by atoms with E-state index in [1.807, 2.05) is 6.07 Å². The number of hydrogen-bond donors (Lipinski definition) is 0. The van der Waals surface area contributed by atoms with Crippen molar-refractivity contribution in [3.8, 4) is 6.07 Å². The first kappa shape index (κ1) is 15.4. The Labute approximate surface area is 126 Å². The highest BCUT2D eigenvalue weighted by molar-refractivity contribution is 6.30. The molecule has 0 radical (unpaired) electrons. The molecule has 0 aliphatic heterocycles. The Morgan fingerprint density at radius 3 is 2.58 bits per heavy atom. The van der Waals surface area contributed by atoms with Gasteiger partial charge in [0.1, 0.15) is 11.6 Å². The van der Waals surface area contributed by atoms with Crippen LogP contribution in [0.15, 0.2) is 48.8 Å². The maximum Gasteiger partial charge on any atom is 0.227 e. The third-order valence-corrected chi connectivity index (χ3v) is 2.73. The van der Waals surface area contributed by atoms with Gasteiger partial charge in [0.25, 0.3) is 0 Å². The van der Waals surface area contributed by atoms with Crippen LogP contribution in [0.2, 0.25) is 5.02 Å². The lowest BCUT2D eigenvalue weighted by atomic mass is 10.1. The zero-order valence-electron chi connectivity index (χ0n) is 9.88. The van der Waals surface area contributed by atoms with Crippen molar-refractivity contribution in [2.75, 3.05) is 0 Å². The minimum atomic E-state index is -0.0215. The molecule has 0 aliphatic carbocycles. The van der Waals surface area contributed by atoms with Crippen molar-refractivity contribution in [2.45, 2.75) is 6.54 Å². The third-order valence-electron chi connectivity index (χ3n) is 2.48. The van der Waals surface area contributed by atoms with Crippen LogP contribution in [0.4, 0.5) is 0 Å². The van der Waals surface area contributed by atoms with Crippen molar-refractivity contribution in [3.05, 3.63) is 64.9 Å². The Hall–Kier alpha value is -1.70. The summed E-state index contributed by atoms with van der Waals surface area (Å²) in [5, 5.41) is 9.38. The Balaban J connectivity index is 0.00000180. The van der Waals surface area contributed by atoms with Gasteiger partial charge in [-0.15, -0.1) is 0 Å². The molecular weight excluding hydrogens is 328 g/mol. The summed E-state index contributed by atoms with van der Waals surface area (Å²) in [4.78, 5) is 12.0. The van der Waals surface area contributed by atoms with Crippen LogP contribution in [0.5, 0.6) is 0 Å². The van der Waals surface area contributed by atoms with Gasteiger partial charge in [-0.1, -0.05) is 11.6 Å². The molecule has 1 heterocycles. The van der Waals surface area contributed by atoms with Crippen LogP contribution in [0, 0.1) is 11.3 Å². The van der Waals surface area contributed by atoms with E-state index in [1.165, 1.54) is 0 Å². The third kappa shape index (κ3) is 4.16. The van der Waals surface area contributed by atoms with Gasteiger partial charge in [-0.2, -0.15) is 9.83 Å². The van der Waals surface area contributed by atoms with E-state index in [2.05, 4.69) is 0 Å². The maximum atomic E-state index is 12.0. The predicted octanol–water partition coefficient (Wildman–Crippen LogP) is -0.614. The van der Waals surface area contributed by atoms with Gasteiger partial charge in [-0.3, -0.25) is 4.79 Å². The molecule has 0 bridgehead atoms. The average molecular weight is 338 g/mol. The van der Waals surface area contributed by atoms with Gasteiger partial charge in [0.05, 0.1) is 0 Å². The number of aromatic nitrogens is 1. The summed E-state index contributed by atoms with van der Waals surface area (Å²) in [7, 11) is 0. The first-order chi connectivity index (χ1) is 8.69. The van der Waals surface area contributed by atoms with E-state index >= 15 is 0 Å². The number of nitrogens with zero attached hydrogens (tertiary/aromatic N) is 2. The normalized spacial score (nSPS) is 9.26. The largest absolute Gasteiger partial charge is 1.00 e. The van der Waals surface area contributed by atoms with Crippen LogP contribution in [0.3, 0.4) is 0 Å². The van der Waals surface area contributed by atoms with E-state index in [0.717, 1.165) is 0 Å². The van der Waals surface area contributed by atoms with Crippen LogP contribution in [0.1, 0.15) is 15.9 Å². The van der Waals surface area contributed by atoms with Gasteiger partial charge < -0.3 is 17.0 Å². The summed E-state index contributed by atoms with van der Waals surface area (Å²) in [6.45, 7) is 0.206. The summed E-state index contributed by atoms with van der Waals surface area (Å²) in [5.41, 5.74) is 1.13. The molecule has 0 N–H and O–H groups in total. The quantitative estimate of drug-likeness (QED) is 0.554. The molecule has 0 saturated heterocycles. The Morgan fingerprint density at radius 2 is 1.95 bits per heavy atom. The molecule has 0 spiro atoms. The zero-order chi connectivity index (χ0) is 13.0. The molecule has 0 aliphatic rings. The summed E-state index contributed by atoms with van der Waals surface area (Å²) < 4.78 is 1.69. The molecule has 0 unspecified atom stereocenters. The second-order valence-electron chi connectivity index (χ2n) is 3.81. The van der Waals surface area contributed by atoms with Crippen molar-refractivity contribution >= 4 is 17.4 Å². The highest BCUT2D eigenvalue weighted by atomic mass is 79.9. The number of benzene rings is 1. The number of carbonyl (C=O) groups is 1. The topological polar surface area (TPSA) is 44.7 Å². The molecule has 0 atom stereocenters. The molecular formula is C14H10BrClN2O. The van der Waals surface area contributed by atoms with E-state index in [-0.39, 0.29) is 29.3 Å². The number of Topliss-reactive ketones (excluding diaryl/α,β-unsaturated/α-hetero) is 1. The number of nitriles is 1. The lowest BCUT2D eigenvalue weighted by molar-refractivity contribution is -0.683. The number of ketones is 1. The SMILES string of the molecule is N#Cc1ccc[n+](CC(=O)c2ccc(Cl)cc2)c1.[Br-]. The molecule has 0 saturated carbocycles. The number of carbonyl (C=O) groups excluding carboxylic acids is 1. The van der Waals surface area contributed by atoms with Gasteiger partial charge in [-0.25, -0.2) is 0 Å². The second-order valence-corrected chi connectivity index (χ2v) is 4.24. The zero-order valence-corrected chi connectivity index (χ0v) is 12.2. The van der Waals surface area contributed by atoms with Gasteiger partial charge in [0.2, 0.25) is 12.3 Å². The van der Waals surface area contributed by atoms with Gasteiger partial charge in [0.15, 0.2) is 12.4 Å². The standard InChI is InChI=1S/C14H10ClN2O.BrH/c15-13-5-3-12(4-6-13)14(18)10-17-7-1-2-11(8-16)9-17;/h1-7,9H,10H2;1H/q+1;/p-1. The van der Waals surface area contributed by atoms with Crippen LogP contribution in [0.25, 0.3) is 0 Å². The maximum absolute atomic E-state index is 12.0. The van der Waals surface area contributed by atoms with E-state index in [0.29, 0.717) is 16.1 Å². The van der Waals surface area contributed by atoms with E-state index in [9.17, 15) is 4.79 Å². The number of hydrogen-bond acceptors (Lipinski definition) is 2. The van der Waals surface area contributed by atoms with Crippen molar-refractivity contribution in [3.63, 3.8) is 0 Å². The molecule has 2 aromatic rings. The van der Waals surface area contributed by atoms with E-state index in [1.54, 1.807) is 53.4 Å². The predicted molar refractivity (Wildman–Crippen MR) is 67.1 cm³/mol. The second kappa shape index (κ2) is 7.03. The molecule has 0 amide bonds. The van der Waals surface area contributed by atoms with Crippen LogP contribution < -0.4 is 21.5 Å². The van der Waals surface area contributed by atoms with Crippen molar-refractivity contribution in [1.82, 2.24) is 0 Å². The number of halogens is 2. The monoisotopic (exact) mass is 336 g/mol. The number of pyridine rings is 1. The Morgan fingerprint density at radius 1 is 1.26 bits per heavy atom. The van der Waals surface area contributed by atoms with Crippen molar-refractivity contribution in [2.24, 2.45) is 0 Å². The lowest BCUT2D eigenvalue weighted by Crippen LogP contribution is -3.00. The molecule has 19 heavy (non-hydrogen) atoms. The fourth-order valence-electron chi connectivity index (χ4n) is 1.58. The molecule has 2 rings (SSSR count). The molecule has 3 nitrogen and oxygen atoms in total. The molecule has 0 fully saturated rings. The average Bonchev–Trinajstić information content (AvgIpc) is 2.39. The summed E-state index contributed by atoms with van der Waals surface area (Å²) in [5.74, 6) is -0.0215. The van der Waals surface area contributed by atoms with Crippen LogP contribution in [-0.2, 0) is 6.54 Å². The molecule has 1 aromatic heterocycles. The Kier molecular flexibility index (Phi) is 5.68. The molecule has 96 valence electrons. The summed E-state index contributed by atoms with van der Waals surface area (Å²) in [6, 6.07) is 12.2. The fraction of sp³-hybridized carbons (Fsp3) is 0.0714. The van der Waals surface area contributed by atoms with E-state index < -0.39 is 0 Å². The van der Waals surface area contributed by atoms with Gasteiger partial charge in [0, 0.05) is 16.7 Å². The van der Waals surface area contributed by atoms with Gasteiger partial charge in [-0.05, 0) is 30.3 Å². The minimum Gasteiger partial charge on any atom is -1.00 e. The molecule has 5 heteroatoms.